The topological polar surface area (TPSA) is 50.8 Å². The molecule has 0 aliphatic rings. The quantitative estimate of drug-likeness (QED) is 0.847. The van der Waals surface area contributed by atoms with Gasteiger partial charge in [-0.2, -0.15) is 23.7 Å². The number of hydrogen-bond donors (Lipinski definition) is 0. The number of benzene rings is 1. The molecule has 0 N–H and O–H groups in total. The molecule has 1 unspecified atom stereocenters. The van der Waals surface area contributed by atoms with Gasteiger partial charge in [0.05, 0.1) is 29.2 Å². The molecule has 0 heterocycles. The standard InChI is InChI=1S/C14H14F3N3/c1-3-20(9-10(2)7-18)12-5-4-11(8-19)13(6-12)14(15,16)17/h4-6,10H,3,9H2,1-2H3. The first-order valence-corrected chi connectivity index (χ1v) is 6.09. The van der Waals surface area contributed by atoms with Crippen LogP contribution in [0.2, 0.25) is 0 Å². The molecule has 0 fully saturated rings. The molecule has 0 aliphatic heterocycles. The van der Waals surface area contributed by atoms with E-state index in [1.54, 1.807) is 24.8 Å². The van der Waals surface area contributed by atoms with Crippen molar-refractivity contribution in [1.29, 1.82) is 10.5 Å². The summed E-state index contributed by atoms with van der Waals surface area (Å²) < 4.78 is 38.7. The van der Waals surface area contributed by atoms with E-state index in [0.717, 1.165) is 12.1 Å². The van der Waals surface area contributed by atoms with Crippen LogP contribution in [-0.4, -0.2) is 13.1 Å². The van der Waals surface area contributed by atoms with Gasteiger partial charge in [0.25, 0.3) is 0 Å². The summed E-state index contributed by atoms with van der Waals surface area (Å²) in [4.78, 5) is 1.68. The van der Waals surface area contributed by atoms with Gasteiger partial charge < -0.3 is 4.90 Å². The second kappa shape index (κ2) is 6.29. The van der Waals surface area contributed by atoms with Crippen molar-refractivity contribution in [3.63, 3.8) is 0 Å². The van der Waals surface area contributed by atoms with Crippen LogP contribution in [0.4, 0.5) is 18.9 Å². The number of anilines is 1. The fourth-order valence-corrected chi connectivity index (χ4v) is 1.85. The fraction of sp³-hybridized carbons (Fsp3) is 0.429. The van der Waals surface area contributed by atoms with Crippen LogP contribution in [0.3, 0.4) is 0 Å². The second-order valence-electron chi connectivity index (χ2n) is 4.41. The number of alkyl halides is 3. The first kappa shape index (κ1) is 15.8. The van der Waals surface area contributed by atoms with Crippen molar-refractivity contribution in [3.05, 3.63) is 29.3 Å². The van der Waals surface area contributed by atoms with Crippen LogP contribution in [0.15, 0.2) is 18.2 Å². The Labute approximate surface area is 115 Å². The van der Waals surface area contributed by atoms with Crippen molar-refractivity contribution in [2.24, 2.45) is 5.92 Å². The molecule has 1 aromatic rings. The zero-order chi connectivity index (χ0) is 15.3. The van der Waals surface area contributed by atoms with Gasteiger partial charge in [-0.05, 0) is 32.0 Å². The Kier molecular flexibility index (Phi) is 4.99. The van der Waals surface area contributed by atoms with Gasteiger partial charge in [0.1, 0.15) is 0 Å². The summed E-state index contributed by atoms with van der Waals surface area (Å²) in [5.41, 5.74) is -0.980. The Morgan fingerprint density at radius 3 is 2.40 bits per heavy atom. The summed E-state index contributed by atoms with van der Waals surface area (Å²) in [7, 11) is 0. The number of nitriles is 2. The van der Waals surface area contributed by atoms with E-state index >= 15 is 0 Å². The van der Waals surface area contributed by atoms with E-state index in [1.165, 1.54) is 6.07 Å². The number of hydrogen-bond acceptors (Lipinski definition) is 3. The van der Waals surface area contributed by atoms with Crippen LogP contribution in [0.5, 0.6) is 0 Å². The van der Waals surface area contributed by atoms with Crippen LogP contribution in [-0.2, 0) is 6.18 Å². The van der Waals surface area contributed by atoms with E-state index in [0.29, 0.717) is 18.8 Å². The molecule has 0 saturated carbocycles. The molecule has 0 aliphatic carbocycles. The van der Waals surface area contributed by atoms with Crippen LogP contribution >= 0.6 is 0 Å². The highest BCUT2D eigenvalue weighted by Gasteiger charge is 2.34. The average molecular weight is 281 g/mol. The van der Waals surface area contributed by atoms with Crippen LogP contribution < -0.4 is 4.90 Å². The number of rotatable bonds is 4. The smallest absolute Gasteiger partial charge is 0.370 e. The van der Waals surface area contributed by atoms with Gasteiger partial charge >= 0.3 is 6.18 Å². The predicted octanol–water partition coefficient (Wildman–Crippen LogP) is 3.56. The van der Waals surface area contributed by atoms with Crippen molar-refractivity contribution >= 4 is 5.69 Å². The van der Waals surface area contributed by atoms with E-state index < -0.39 is 17.3 Å². The lowest BCUT2D eigenvalue weighted by atomic mass is 10.1. The molecule has 1 atom stereocenters. The van der Waals surface area contributed by atoms with Gasteiger partial charge in [0.2, 0.25) is 0 Å². The van der Waals surface area contributed by atoms with Gasteiger partial charge in [-0.25, -0.2) is 0 Å². The molecule has 0 saturated heterocycles. The largest absolute Gasteiger partial charge is 0.417 e. The van der Waals surface area contributed by atoms with Gasteiger partial charge in [0.15, 0.2) is 0 Å². The molecule has 0 radical (unpaired) electrons. The molecule has 1 rings (SSSR count). The van der Waals surface area contributed by atoms with E-state index in [2.05, 4.69) is 6.07 Å². The van der Waals surface area contributed by atoms with Gasteiger partial charge in [-0.3, -0.25) is 0 Å². The van der Waals surface area contributed by atoms with E-state index in [9.17, 15) is 13.2 Å². The molecule has 106 valence electrons. The molecule has 1 aromatic carbocycles. The summed E-state index contributed by atoms with van der Waals surface area (Å²) in [5, 5.41) is 17.5. The first-order chi connectivity index (χ1) is 9.33. The lowest BCUT2D eigenvalue weighted by Crippen LogP contribution is -2.28. The Morgan fingerprint density at radius 1 is 1.30 bits per heavy atom. The van der Waals surface area contributed by atoms with E-state index in [1.807, 2.05) is 0 Å². The summed E-state index contributed by atoms with van der Waals surface area (Å²) in [5.74, 6) is -0.292. The zero-order valence-corrected chi connectivity index (χ0v) is 11.2. The molecule has 3 nitrogen and oxygen atoms in total. The monoisotopic (exact) mass is 281 g/mol. The SMILES string of the molecule is CCN(CC(C)C#N)c1ccc(C#N)c(C(F)(F)F)c1. The molecule has 0 amide bonds. The number of halogens is 3. The number of nitrogens with zero attached hydrogens (tertiary/aromatic N) is 3. The van der Waals surface area contributed by atoms with Gasteiger partial charge in [-0.1, -0.05) is 0 Å². The van der Waals surface area contributed by atoms with Crippen LogP contribution in [0, 0.1) is 28.6 Å². The molecule has 0 spiro atoms. The summed E-state index contributed by atoms with van der Waals surface area (Å²) in [6.45, 7) is 4.33. The molecule has 0 aromatic heterocycles. The highest BCUT2D eigenvalue weighted by atomic mass is 19.4. The molecule has 6 heteroatoms. The third-order valence-corrected chi connectivity index (χ3v) is 2.89. The van der Waals surface area contributed by atoms with Gasteiger partial charge in [-0.15, -0.1) is 0 Å². The van der Waals surface area contributed by atoms with E-state index in [4.69, 9.17) is 10.5 Å². The van der Waals surface area contributed by atoms with Crippen molar-refractivity contribution in [2.45, 2.75) is 20.0 Å². The lowest BCUT2D eigenvalue weighted by Gasteiger charge is -2.25. The lowest BCUT2D eigenvalue weighted by molar-refractivity contribution is -0.137. The Morgan fingerprint density at radius 2 is 1.95 bits per heavy atom. The van der Waals surface area contributed by atoms with Crippen LogP contribution in [0.25, 0.3) is 0 Å². The fourth-order valence-electron chi connectivity index (χ4n) is 1.85. The molecular weight excluding hydrogens is 267 g/mol. The summed E-state index contributed by atoms with van der Waals surface area (Å²) in [6.07, 6.45) is -4.57. The Bertz CT molecular complexity index is 552. The minimum absolute atomic E-state index is 0.292. The summed E-state index contributed by atoms with van der Waals surface area (Å²) in [6, 6.07) is 7.20. The maximum absolute atomic E-state index is 12.9. The van der Waals surface area contributed by atoms with Crippen molar-refractivity contribution < 1.29 is 13.2 Å². The Hall–Kier alpha value is -2.21. The minimum Gasteiger partial charge on any atom is -0.370 e. The third kappa shape index (κ3) is 3.64. The maximum Gasteiger partial charge on any atom is 0.417 e. The zero-order valence-electron chi connectivity index (χ0n) is 11.2. The first-order valence-electron chi connectivity index (χ1n) is 6.09. The normalized spacial score (nSPS) is 12.3. The highest BCUT2D eigenvalue weighted by Crippen LogP contribution is 2.34. The van der Waals surface area contributed by atoms with Crippen molar-refractivity contribution in [3.8, 4) is 12.1 Å². The average Bonchev–Trinajstić information content (AvgIpc) is 2.42. The molecular formula is C14H14F3N3. The summed E-state index contributed by atoms with van der Waals surface area (Å²) >= 11 is 0. The third-order valence-electron chi connectivity index (χ3n) is 2.89. The Balaban J connectivity index is 3.20. The van der Waals surface area contributed by atoms with E-state index in [-0.39, 0.29) is 5.92 Å². The predicted molar refractivity (Wildman–Crippen MR) is 68.8 cm³/mol. The molecule has 20 heavy (non-hydrogen) atoms. The van der Waals surface area contributed by atoms with Crippen molar-refractivity contribution in [2.75, 3.05) is 18.0 Å². The van der Waals surface area contributed by atoms with Gasteiger partial charge in [0, 0.05) is 18.8 Å². The maximum atomic E-state index is 12.9. The molecule has 0 bridgehead atoms. The minimum atomic E-state index is -4.57. The second-order valence-corrected chi connectivity index (χ2v) is 4.41. The highest BCUT2D eigenvalue weighted by molar-refractivity contribution is 5.54. The van der Waals surface area contributed by atoms with Crippen molar-refractivity contribution in [1.82, 2.24) is 0 Å². The van der Waals surface area contributed by atoms with Crippen LogP contribution in [0.1, 0.15) is 25.0 Å².